The zero-order valence-electron chi connectivity index (χ0n) is 11.7. The molecular formula is C16H9ClIN3O. The minimum Gasteiger partial charge on any atom is -0.475 e. The Bertz CT molecular complexity index is 836. The van der Waals surface area contributed by atoms with Gasteiger partial charge in [-0.1, -0.05) is 17.7 Å². The maximum absolute atomic E-state index is 9.36. The van der Waals surface area contributed by atoms with E-state index in [9.17, 15) is 5.26 Å². The van der Waals surface area contributed by atoms with Crippen molar-refractivity contribution in [1.82, 2.24) is 0 Å². The Hall–Kier alpha value is -2.01. The van der Waals surface area contributed by atoms with Gasteiger partial charge in [0.2, 0.25) is 0 Å². The SMILES string of the molecule is CC1=C(C#N)C(=C(C#N)C#N)OC1(C)c1ccc(I)c(Cl)c1. The highest BCUT2D eigenvalue weighted by Gasteiger charge is 2.42. The first-order valence-electron chi connectivity index (χ1n) is 6.20. The fourth-order valence-electron chi connectivity index (χ4n) is 2.25. The van der Waals surface area contributed by atoms with Crippen LogP contribution in [0.1, 0.15) is 19.4 Å². The normalized spacial score (nSPS) is 20.0. The van der Waals surface area contributed by atoms with Crippen molar-refractivity contribution in [1.29, 1.82) is 15.8 Å². The number of hydrogen-bond acceptors (Lipinski definition) is 4. The first kappa shape index (κ1) is 16.4. The number of nitriles is 3. The van der Waals surface area contributed by atoms with Gasteiger partial charge < -0.3 is 4.74 Å². The Morgan fingerprint density at radius 2 is 1.91 bits per heavy atom. The molecule has 0 radical (unpaired) electrons. The largest absolute Gasteiger partial charge is 0.475 e. The molecule has 1 aromatic rings. The van der Waals surface area contributed by atoms with Crippen LogP contribution in [0.5, 0.6) is 0 Å². The summed E-state index contributed by atoms with van der Waals surface area (Å²) in [7, 11) is 0. The highest BCUT2D eigenvalue weighted by atomic mass is 127. The molecule has 1 heterocycles. The number of rotatable bonds is 1. The van der Waals surface area contributed by atoms with Gasteiger partial charge in [0.25, 0.3) is 0 Å². The molecule has 1 aliphatic rings. The van der Waals surface area contributed by atoms with E-state index >= 15 is 0 Å². The van der Waals surface area contributed by atoms with Crippen LogP contribution in [-0.4, -0.2) is 0 Å². The molecule has 0 saturated heterocycles. The Morgan fingerprint density at radius 1 is 1.27 bits per heavy atom. The topological polar surface area (TPSA) is 80.6 Å². The van der Waals surface area contributed by atoms with Crippen LogP contribution in [0.25, 0.3) is 0 Å². The molecule has 1 unspecified atom stereocenters. The van der Waals surface area contributed by atoms with E-state index in [1.165, 1.54) is 0 Å². The first-order chi connectivity index (χ1) is 10.4. The molecule has 0 bridgehead atoms. The second-order valence-electron chi connectivity index (χ2n) is 4.80. The summed E-state index contributed by atoms with van der Waals surface area (Å²) < 4.78 is 6.77. The maximum Gasteiger partial charge on any atom is 0.172 e. The molecule has 0 spiro atoms. The van der Waals surface area contributed by atoms with Gasteiger partial charge in [0, 0.05) is 9.13 Å². The van der Waals surface area contributed by atoms with E-state index in [-0.39, 0.29) is 16.9 Å². The lowest BCUT2D eigenvalue weighted by Gasteiger charge is -2.27. The van der Waals surface area contributed by atoms with Crippen LogP contribution in [-0.2, 0) is 10.3 Å². The van der Waals surface area contributed by atoms with Gasteiger partial charge in [-0.15, -0.1) is 0 Å². The smallest absolute Gasteiger partial charge is 0.172 e. The third-order valence-corrected chi connectivity index (χ3v) is 5.23. The molecule has 0 fully saturated rings. The van der Waals surface area contributed by atoms with E-state index in [4.69, 9.17) is 26.9 Å². The fraction of sp³-hybridized carbons (Fsp3) is 0.188. The van der Waals surface area contributed by atoms with Crippen LogP contribution >= 0.6 is 34.2 Å². The van der Waals surface area contributed by atoms with Gasteiger partial charge in [0.15, 0.2) is 16.9 Å². The molecule has 1 aromatic carbocycles. The Kier molecular flexibility index (Phi) is 4.47. The van der Waals surface area contributed by atoms with Crippen molar-refractivity contribution in [2.75, 3.05) is 0 Å². The van der Waals surface area contributed by atoms with Gasteiger partial charge in [0.1, 0.15) is 18.2 Å². The van der Waals surface area contributed by atoms with Crippen molar-refractivity contribution >= 4 is 34.2 Å². The highest BCUT2D eigenvalue weighted by Crippen LogP contribution is 2.46. The average molecular weight is 422 g/mol. The van der Waals surface area contributed by atoms with E-state index in [0.717, 1.165) is 9.13 Å². The lowest BCUT2D eigenvalue weighted by atomic mass is 9.88. The number of nitrogens with zero attached hydrogens (tertiary/aromatic N) is 3. The van der Waals surface area contributed by atoms with Crippen molar-refractivity contribution in [2.45, 2.75) is 19.4 Å². The van der Waals surface area contributed by atoms with E-state index < -0.39 is 5.60 Å². The van der Waals surface area contributed by atoms with Crippen molar-refractivity contribution in [3.05, 3.63) is 54.8 Å². The molecule has 22 heavy (non-hydrogen) atoms. The molecular weight excluding hydrogens is 413 g/mol. The molecule has 4 nitrogen and oxygen atoms in total. The van der Waals surface area contributed by atoms with Gasteiger partial charge in [-0.2, -0.15) is 15.8 Å². The Morgan fingerprint density at radius 3 is 2.41 bits per heavy atom. The van der Waals surface area contributed by atoms with Gasteiger partial charge in [-0.3, -0.25) is 0 Å². The van der Waals surface area contributed by atoms with E-state index in [2.05, 4.69) is 22.6 Å². The number of benzene rings is 1. The van der Waals surface area contributed by atoms with E-state index in [1.54, 1.807) is 32.1 Å². The third-order valence-electron chi connectivity index (χ3n) is 3.66. The van der Waals surface area contributed by atoms with Crippen LogP contribution < -0.4 is 0 Å². The summed E-state index contributed by atoms with van der Waals surface area (Å²) in [5.74, 6) is 0.0298. The average Bonchev–Trinajstić information content (AvgIpc) is 2.76. The summed E-state index contributed by atoms with van der Waals surface area (Å²) in [5, 5.41) is 28.0. The van der Waals surface area contributed by atoms with Gasteiger partial charge in [-0.05, 0) is 54.1 Å². The van der Waals surface area contributed by atoms with Gasteiger partial charge >= 0.3 is 0 Å². The van der Waals surface area contributed by atoms with Crippen LogP contribution in [0.4, 0.5) is 0 Å². The summed E-state index contributed by atoms with van der Waals surface area (Å²) in [6.07, 6.45) is 0. The molecule has 0 N–H and O–H groups in total. The van der Waals surface area contributed by atoms with Gasteiger partial charge in [-0.25, -0.2) is 0 Å². The van der Waals surface area contributed by atoms with Crippen molar-refractivity contribution in [3.8, 4) is 18.2 Å². The summed E-state index contributed by atoms with van der Waals surface area (Å²) >= 11 is 8.28. The minimum absolute atomic E-state index is 0.0298. The monoisotopic (exact) mass is 421 g/mol. The minimum atomic E-state index is -0.937. The fourth-order valence-corrected chi connectivity index (χ4v) is 2.76. The van der Waals surface area contributed by atoms with E-state index in [0.29, 0.717) is 10.6 Å². The lowest BCUT2D eigenvalue weighted by Crippen LogP contribution is -2.23. The third kappa shape index (κ3) is 2.46. The van der Waals surface area contributed by atoms with E-state index in [1.807, 2.05) is 18.2 Å². The molecule has 0 saturated carbocycles. The molecule has 108 valence electrons. The number of allylic oxidation sites excluding steroid dienone is 2. The van der Waals surface area contributed by atoms with Gasteiger partial charge in [0.05, 0.1) is 10.6 Å². The number of ether oxygens (including phenoxy) is 1. The molecule has 2 rings (SSSR count). The van der Waals surface area contributed by atoms with Crippen molar-refractivity contribution in [2.24, 2.45) is 0 Å². The summed E-state index contributed by atoms with van der Waals surface area (Å²) in [6, 6.07) is 11.0. The molecule has 0 aromatic heterocycles. The summed E-state index contributed by atoms with van der Waals surface area (Å²) in [4.78, 5) is 0. The van der Waals surface area contributed by atoms with Crippen LogP contribution in [0.15, 0.2) is 40.7 Å². The lowest BCUT2D eigenvalue weighted by molar-refractivity contribution is 0.0728. The molecule has 1 aliphatic heterocycles. The molecule has 0 aliphatic carbocycles. The Balaban J connectivity index is 2.69. The van der Waals surface area contributed by atoms with Crippen molar-refractivity contribution < 1.29 is 4.74 Å². The second kappa shape index (κ2) is 6.01. The predicted octanol–water partition coefficient (Wildman–Crippen LogP) is 4.33. The number of halogens is 2. The zero-order valence-corrected chi connectivity index (χ0v) is 14.7. The quantitative estimate of drug-likeness (QED) is 0.499. The van der Waals surface area contributed by atoms with Crippen molar-refractivity contribution in [3.63, 3.8) is 0 Å². The zero-order chi connectivity index (χ0) is 16.5. The predicted molar refractivity (Wildman–Crippen MR) is 89.2 cm³/mol. The highest BCUT2D eigenvalue weighted by molar-refractivity contribution is 14.1. The molecule has 6 heteroatoms. The standard InChI is InChI=1S/C16H9ClIN3O/c1-9-12(8-21)15(10(6-19)7-20)22-16(9,2)11-3-4-14(18)13(17)5-11/h3-5H,1-2H3. The Labute approximate surface area is 147 Å². The summed E-state index contributed by atoms with van der Waals surface area (Å²) in [5.41, 5.74) is 0.470. The second-order valence-corrected chi connectivity index (χ2v) is 6.37. The maximum atomic E-state index is 9.36. The van der Waals surface area contributed by atoms with Crippen LogP contribution in [0.2, 0.25) is 5.02 Å². The number of hydrogen-bond donors (Lipinski definition) is 0. The molecule has 0 amide bonds. The first-order valence-corrected chi connectivity index (χ1v) is 7.65. The summed E-state index contributed by atoms with van der Waals surface area (Å²) in [6.45, 7) is 3.54. The van der Waals surface area contributed by atoms with Crippen LogP contribution in [0, 0.1) is 37.6 Å². The molecule has 1 atom stereocenters. The van der Waals surface area contributed by atoms with Crippen LogP contribution in [0.3, 0.4) is 0 Å².